The Balaban J connectivity index is 0.00000182. The van der Waals surface area contributed by atoms with Crippen LogP contribution in [0.1, 0.15) is 11.6 Å². The average molecular weight is 408 g/mol. The first kappa shape index (κ1) is 24.5. The fraction of sp³-hybridized carbons (Fsp3) is 0.125. The normalized spacial score (nSPS) is 16.7. The molecule has 0 bridgehead atoms. The van der Waals surface area contributed by atoms with Gasteiger partial charge in [0, 0.05) is 64.8 Å². The summed E-state index contributed by atoms with van der Waals surface area (Å²) in [5.41, 5.74) is 1.08. The van der Waals surface area contributed by atoms with Gasteiger partial charge in [0.15, 0.2) is 0 Å². The van der Waals surface area contributed by atoms with E-state index in [-0.39, 0.29) is 59.1 Å². The minimum atomic E-state index is -4.82. The van der Waals surface area contributed by atoms with Gasteiger partial charge in [-0.25, -0.2) is 14.3 Å². The van der Waals surface area contributed by atoms with Crippen molar-refractivity contribution in [2.45, 2.75) is 6.04 Å². The number of carbonyl (C=O) groups excluding carboxylic acids is 2. The minimum Gasteiger partial charge on any atom is -0.303 e. The third kappa shape index (κ3) is 5.74. The number of anilines is 1. The minimum absolute atomic E-state index is 0. The van der Waals surface area contributed by atoms with Crippen molar-refractivity contribution in [1.82, 2.24) is 4.90 Å². The number of hydrogen-bond acceptors (Lipinski definition) is 4. The predicted molar refractivity (Wildman–Crippen MR) is 99.9 cm³/mol. The van der Waals surface area contributed by atoms with Crippen molar-refractivity contribution in [3.63, 3.8) is 0 Å². The largest absolute Gasteiger partial charge is 0.471 e. The molecule has 0 saturated carbocycles. The molecule has 0 aromatic heterocycles. The molecule has 1 unspecified atom stereocenters. The maximum atomic E-state index is 12.7. The smallest absolute Gasteiger partial charge is 0.303 e. The van der Waals surface area contributed by atoms with Crippen LogP contribution in [0, 0.1) is 0 Å². The summed E-state index contributed by atoms with van der Waals surface area (Å²) in [6.07, 6.45) is 0. The summed E-state index contributed by atoms with van der Waals surface area (Å²) >= 11 is 0. The SMILES string of the molecule is O=C1C(c2ccccc2)N(c2ccccc2)C(=O)N1COP(=O)(O)O.[Na].[Na]. The fourth-order valence-electron chi connectivity index (χ4n) is 2.62. The van der Waals surface area contributed by atoms with Crippen molar-refractivity contribution in [1.29, 1.82) is 0 Å². The van der Waals surface area contributed by atoms with Gasteiger partial charge in [-0.3, -0.25) is 14.2 Å². The molecule has 2 N–H and O–H groups in total. The molecule has 0 spiro atoms. The summed E-state index contributed by atoms with van der Waals surface area (Å²) < 4.78 is 15.3. The molecule has 1 aliphatic heterocycles. The standard InChI is InChI=1S/C16H15N2O6P.2Na/c19-15-14(12-7-3-1-4-8-12)18(13-9-5-2-6-10-13)16(20)17(15)11-24-25(21,22)23;;/h1-10,14H,11H2,(H2,21,22,23);;. The van der Waals surface area contributed by atoms with E-state index in [0.717, 1.165) is 0 Å². The molecule has 1 aliphatic rings. The fourth-order valence-corrected chi connectivity index (χ4v) is 2.89. The number of imide groups is 1. The van der Waals surface area contributed by atoms with E-state index >= 15 is 0 Å². The van der Waals surface area contributed by atoms with E-state index in [0.29, 0.717) is 16.2 Å². The number of para-hydroxylation sites is 1. The molecule has 1 saturated heterocycles. The number of urea groups is 1. The van der Waals surface area contributed by atoms with Crippen LogP contribution in [-0.2, 0) is 13.9 Å². The summed E-state index contributed by atoms with van der Waals surface area (Å²) in [4.78, 5) is 45.1. The van der Waals surface area contributed by atoms with Crippen LogP contribution in [0.25, 0.3) is 0 Å². The van der Waals surface area contributed by atoms with Gasteiger partial charge in [0.25, 0.3) is 5.91 Å². The molecule has 2 aromatic rings. The van der Waals surface area contributed by atoms with Crippen LogP contribution >= 0.6 is 7.82 Å². The number of phosphoric ester groups is 1. The Labute approximate surface area is 200 Å². The van der Waals surface area contributed by atoms with Gasteiger partial charge < -0.3 is 9.79 Å². The molecule has 0 aliphatic carbocycles. The van der Waals surface area contributed by atoms with Gasteiger partial charge in [-0.05, 0) is 17.7 Å². The van der Waals surface area contributed by atoms with Crippen LogP contribution in [0.15, 0.2) is 60.7 Å². The van der Waals surface area contributed by atoms with E-state index in [1.54, 1.807) is 60.7 Å². The van der Waals surface area contributed by atoms with E-state index in [2.05, 4.69) is 4.52 Å². The molecule has 8 nitrogen and oxygen atoms in total. The van der Waals surface area contributed by atoms with Crippen molar-refractivity contribution >= 4 is 84.6 Å². The van der Waals surface area contributed by atoms with Gasteiger partial charge in [-0.15, -0.1) is 0 Å². The number of benzene rings is 2. The summed E-state index contributed by atoms with van der Waals surface area (Å²) in [6.45, 7) is -0.825. The van der Waals surface area contributed by atoms with Crippen molar-refractivity contribution in [3.8, 4) is 0 Å². The molecule has 2 radical (unpaired) electrons. The molecule has 11 heteroatoms. The maximum absolute atomic E-state index is 12.7. The zero-order valence-corrected chi connectivity index (χ0v) is 19.8. The third-order valence-corrected chi connectivity index (χ3v) is 4.15. The predicted octanol–water partition coefficient (Wildman–Crippen LogP) is 1.50. The van der Waals surface area contributed by atoms with Crippen molar-refractivity contribution in [2.24, 2.45) is 0 Å². The topological polar surface area (TPSA) is 107 Å². The second-order valence-corrected chi connectivity index (χ2v) is 6.56. The van der Waals surface area contributed by atoms with E-state index in [9.17, 15) is 14.2 Å². The van der Waals surface area contributed by atoms with Crippen molar-refractivity contribution in [3.05, 3.63) is 66.2 Å². The molecule has 1 atom stereocenters. The summed E-state index contributed by atoms with van der Waals surface area (Å²) in [6, 6.07) is 15.6. The van der Waals surface area contributed by atoms with E-state index in [4.69, 9.17) is 9.79 Å². The molecule has 132 valence electrons. The first-order valence-electron chi connectivity index (χ1n) is 7.33. The van der Waals surface area contributed by atoms with E-state index in [1.165, 1.54) is 4.90 Å². The molecule has 3 rings (SSSR count). The van der Waals surface area contributed by atoms with Gasteiger partial charge >= 0.3 is 13.9 Å². The Morgan fingerprint density at radius 2 is 1.44 bits per heavy atom. The van der Waals surface area contributed by atoms with Crippen molar-refractivity contribution < 1.29 is 28.5 Å². The number of hydrogen-bond donors (Lipinski definition) is 2. The van der Waals surface area contributed by atoms with Crippen molar-refractivity contribution in [2.75, 3.05) is 11.6 Å². The number of nitrogens with zero attached hydrogens (tertiary/aromatic N) is 2. The monoisotopic (exact) mass is 408 g/mol. The van der Waals surface area contributed by atoms with Crippen LogP contribution in [-0.4, -0.2) is 92.5 Å². The molecule has 1 fully saturated rings. The molecule has 27 heavy (non-hydrogen) atoms. The maximum Gasteiger partial charge on any atom is 0.471 e. The molecule has 3 amide bonds. The van der Waals surface area contributed by atoms with E-state index < -0.39 is 32.5 Å². The van der Waals surface area contributed by atoms with Crippen LogP contribution in [0.5, 0.6) is 0 Å². The van der Waals surface area contributed by atoms with Crippen LogP contribution < -0.4 is 4.90 Å². The average Bonchev–Trinajstić information content (AvgIpc) is 2.84. The number of phosphoric acid groups is 1. The Hall–Kier alpha value is -0.510. The third-order valence-electron chi connectivity index (χ3n) is 3.70. The number of rotatable bonds is 5. The van der Waals surface area contributed by atoms with Crippen LogP contribution in [0.3, 0.4) is 0 Å². The molecular weight excluding hydrogens is 393 g/mol. The molecule has 1 heterocycles. The van der Waals surface area contributed by atoms with Gasteiger partial charge in [-0.2, -0.15) is 0 Å². The second kappa shape index (κ2) is 10.3. The molecular formula is C16H15N2Na2O6P. The zero-order chi connectivity index (χ0) is 18.0. The quantitative estimate of drug-likeness (QED) is 0.441. The summed E-state index contributed by atoms with van der Waals surface area (Å²) in [7, 11) is -4.82. The zero-order valence-electron chi connectivity index (χ0n) is 14.9. The first-order chi connectivity index (χ1) is 11.9. The number of carbonyl (C=O) groups is 2. The van der Waals surface area contributed by atoms with Gasteiger partial charge in [0.05, 0.1) is 0 Å². The number of amides is 3. The Morgan fingerprint density at radius 3 is 1.96 bits per heavy atom. The van der Waals surface area contributed by atoms with Crippen LogP contribution in [0.4, 0.5) is 10.5 Å². The second-order valence-electron chi connectivity index (χ2n) is 5.32. The van der Waals surface area contributed by atoms with E-state index in [1.807, 2.05) is 0 Å². The first-order valence-corrected chi connectivity index (χ1v) is 8.86. The Bertz CT molecular complexity index is 776. The summed E-state index contributed by atoms with van der Waals surface area (Å²) in [5, 5.41) is 0. The molecule has 2 aromatic carbocycles. The van der Waals surface area contributed by atoms with Gasteiger partial charge in [0.2, 0.25) is 0 Å². The van der Waals surface area contributed by atoms with Gasteiger partial charge in [-0.1, -0.05) is 48.5 Å². The summed E-state index contributed by atoms with van der Waals surface area (Å²) in [5.74, 6) is -0.617. The Morgan fingerprint density at radius 1 is 0.926 bits per heavy atom. The van der Waals surface area contributed by atoms with Gasteiger partial charge in [0.1, 0.15) is 12.8 Å². The van der Waals surface area contributed by atoms with Crippen LogP contribution in [0.2, 0.25) is 0 Å². The Kier molecular flexibility index (Phi) is 9.37.